The molecule has 19 heavy (non-hydrogen) atoms. The van der Waals surface area contributed by atoms with Gasteiger partial charge in [0.2, 0.25) is 0 Å². The lowest BCUT2D eigenvalue weighted by Gasteiger charge is -2.22. The summed E-state index contributed by atoms with van der Waals surface area (Å²) in [7, 11) is 1.34. The van der Waals surface area contributed by atoms with Crippen LogP contribution in [0.1, 0.15) is 35.2 Å². The number of hydrogen-bond acceptors (Lipinski definition) is 5. The number of rotatable bonds is 4. The van der Waals surface area contributed by atoms with Crippen molar-refractivity contribution in [2.75, 3.05) is 19.5 Å². The molecule has 0 aliphatic carbocycles. The zero-order chi connectivity index (χ0) is 13.7. The molecule has 5 heteroatoms. The summed E-state index contributed by atoms with van der Waals surface area (Å²) in [5, 5.41) is 0. The normalized spacial score (nSPS) is 19.1. The Balaban J connectivity index is 1.99. The molecule has 1 heterocycles. The van der Waals surface area contributed by atoms with Crippen LogP contribution in [-0.4, -0.2) is 26.0 Å². The molecule has 0 saturated carbocycles. The Hall–Kier alpha value is -1.59. The molecule has 104 valence electrons. The van der Waals surface area contributed by atoms with Gasteiger partial charge >= 0.3 is 5.97 Å². The number of nitrogens with two attached hydrogens (primary N) is 1. The van der Waals surface area contributed by atoms with Crippen LogP contribution in [0, 0.1) is 0 Å². The van der Waals surface area contributed by atoms with Crippen LogP contribution < -0.4 is 5.73 Å². The summed E-state index contributed by atoms with van der Waals surface area (Å²) < 4.78 is 15.8. The first kappa shape index (κ1) is 13.8. The predicted molar refractivity (Wildman–Crippen MR) is 70.6 cm³/mol. The zero-order valence-electron chi connectivity index (χ0n) is 11.1. The third-order valence-corrected chi connectivity index (χ3v) is 3.01. The van der Waals surface area contributed by atoms with E-state index in [-0.39, 0.29) is 6.29 Å². The van der Waals surface area contributed by atoms with E-state index in [9.17, 15) is 4.79 Å². The Morgan fingerprint density at radius 3 is 2.95 bits per heavy atom. The highest BCUT2D eigenvalue weighted by atomic mass is 16.7. The van der Waals surface area contributed by atoms with Gasteiger partial charge in [-0.1, -0.05) is 0 Å². The number of benzene rings is 1. The number of carbonyl (C=O) groups is 1. The lowest BCUT2D eigenvalue weighted by molar-refractivity contribution is -0.168. The lowest BCUT2D eigenvalue weighted by Crippen LogP contribution is -2.22. The molecule has 0 radical (unpaired) electrons. The summed E-state index contributed by atoms with van der Waals surface area (Å²) in [5.74, 6) is -0.400. The van der Waals surface area contributed by atoms with Crippen molar-refractivity contribution in [2.24, 2.45) is 0 Å². The molecule has 1 aliphatic heterocycles. The average molecular weight is 265 g/mol. The molecule has 5 nitrogen and oxygen atoms in total. The van der Waals surface area contributed by atoms with E-state index in [0.717, 1.165) is 31.4 Å². The fourth-order valence-corrected chi connectivity index (χ4v) is 2.07. The Labute approximate surface area is 112 Å². The van der Waals surface area contributed by atoms with E-state index in [1.54, 1.807) is 18.2 Å². The maximum absolute atomic E-state index is 11.5. The number of methoxy groups -OCH3 is 1. The zero-order valence-corrected chi connectivity index (χ0v) is 11.1. The van der Waals surface area contributed by atoms with Gasteiger partial charge in [0, 0.05) is 12.3 Å². The standard InChI is InChI=1S/C14H19NO4/c1-17-14(16)11-6-10(7-12(15)8-11)9-19-13-4-2-3-5-18-13/h6-8,13H,2-5,9,15H2,1H3. The van der Waals surface area contributed by atoms with Crippen LogP contribution in [0.5, 0.6) is 0 Å². The maximum Gasteiger partial charge on any atom is 0.337 e. The molecule has 1 fully saturated rings. The van der Waals surface area contributed by atoms with Crippen molar-refractivity contribution in [3.8, 4) is 0 Å². The van der Waals surface area contributed by atoms with Gasteiger partial charge in [-0.3, -0.25) is 0 Å². The van der Waals surface area contributed by atoms with E-state index in [1.165, 1.54) is 7.11 Å². The van der Waals surface area contributed by atoms with E-state index in [4.69, 9.17) is 15.2 Å². The summed E-state index contributed by atoms with van der Waals surface area (Å²) in [6, 6.07) is 5.10. The molecule has 0 spiro atoms. The molecule has 1 aliphatic rings. The highest BCUT2D eigenvalue weighted by molar-refractivity contribution is 5.90. The third kappa shape index (κ3) is 3.94. The molecule has 0 bridgehead atoms. The van der Waals surface area contributed by atoms with E-state index in [0.29, 0.717) is 17.9 Å². The number of hydrogen-bond donors (Lipinski definition) is 1. The number of ether oxygens (including phenoxy) is 3. The van der Waals surface area contributed by atoms with Crippen LogP contribution in [0.15, 0.2) is 18.2 Å². The second kappa shape index (κ2) is 6.54. The van der Waals surface area contributed by atoms with Gasteiger partial charge in [-0.05, 0) is 43.0 Å². The van der Waals surface area contributed by atoms with Crippen molar-refractivity contribution in [3.63, 3.8) is 0 Å². The number of carbonyl (C=O) groups excluding carboxylic acids is 1. The van der Waals surface area contributed by atoms with Crippen LogP contribution in [0.3, 0.4) is 0 Å². The van der Waals surface area contributed by atoms with Crippen molar-refractivity contribution in [2.45, 2.75) is 32.2 Å². The minimum atomic E-state index is -0.400. The second-order valence-corrected chi connectivity index (χ2v) is 4.56. The van der Waals surface area contributed by atoms with Crippen molar-refractivity contribution in [3.05, 3.63) is 29.3 Å². The van der Waals surface area contributed by atoms with E-state index in [2.05, 4.69) is 4.74 Å². The topological polar surface area (TPSA) is 70.8 Å². The lowest BCUT2D eigenvalue weighted by atomic mass is 10.1. The predicted octanol–water partition coefficient (Wildman–Crippen LogP) is 2.10. The van der Waals surface area contributed by atoms with Gasteiger partial charge in [0.1, 0.15) is 0 Å². The van der Waals surface area contributed by atoms with Gasteiger partial charge in [-0.25, -0.2) is 4.79 Å². The summed E-state index contributed by atoms with van der Waals surface area (Å²) in [4.78, 5) is 11.5. The first-order valence-electron chi connectivity index (χ1n) is 6.40. The van der Waals surface area contributed by atoms with Crippen LogP contribution in [-0.2, 0) is 20.8 Å². The molecular weight excluding hydrogens is 246 g/mol. The van der Waals surface area contributed by atoms with Crippen molar-refractivity contribution in [1.29, 1.82) is 0 Å². The van der Waals surface area contributed by atoms with Gasteiger partial charge in [-0.15, -0.1) is 0 Å². The first-order valence-corrected chi connectivity index (χ1v) is 6.40. The molecule has 1 saturated heterocycles. The van der Waals surface area contributed by atoms with Gasteiger partial charge in [0.05, 0.1) is 19.3 Å². The Bertz CT molecular complexity index is 441. The molecular formula is C14H19NO4. The SMILES string of the molecule is COC(=O)c1cc(N)cc(COC2CCCCO2)c1. The van der Waals surface area contributed by atoms with Crippen LogP contribution in [0.25, 0.3) is 0 Å². The van der Waals surface area contributed by atoms with Gasteiger partial charge < -0.3 is 19.9 Å². The van der Waals surface area contributed by atoms with Gasteiger partial charge in [0.15, 0.2) is 6.29 Å². The summed E-state index contributed by atoms with van der Waals surface area (Å²) in [5.41, 5.74) is 7.56. The molecule has 1 atom stereocenters. The highest BCUT2D eigenvalue weighted by Gasteiger charge is 2.15. The number of anilines is 1. The van der Waals surface area contributed by atoms with Crippen LogP contribution in [0.2, 0.25) is 0 Å². The Morgan fingerprint density at radius 1 is 1.42 bits per heavy atom. The fourth-order valence-electron chi connectivity index (χ4n) is 2.07. The van der Waals surface area contributed by atoms with Crippen molar-refractivity contribution < 1.29 is 19.0 Å². The molecule has 1 aromatic rings. The van der Waals surface area contributed by atoms with Crippen molar-refractivity contribution >= 4 is 11.7 Å². The monoisotopic (exact) mass is 265 g/mol. The first-order chi connectivity index (χ1) is 9.19. The number of esters is 1. The number of nitrogen functional groups attached to an aromatic ring is 1. The van der Waals surface area contributed by atoms with E-state index >= 15 is 0 Å². The molecule has 1 aromatic carbocycles. The van der Waals surface area contributed by atoms with Gasteiger partial charge in [0.25, 0.3) is 0 Å². The largest absolute Gasteiger partial charge is 0.465 e. The Morgan fingerprint density at radius 2 is 2.26 bits per heavy atom. The second-order valence-electron chi connectivity index (χ2n) is 4.56. The van der Waals surface area contributed by atoms with Crippen molar-refractivity contribution in [1.82, 2.24) is 0 Å². The minimum Gasteiger partial charge on any atom is -0.465 e. The molecule has 2 N–H and O–H groups in total. The average Bonchev–Trinajstić information content (AvgIpc) is 2.45. The Kier molecular flexibility index (Phi) is 4.76. The fraction of sp³-hybridized carbons (Fsp3) is 0.500. The molecule has 0 aromatic heterocycles. The van der Waals surface area contributed by atoms with E-state index < -0.39 is 5.97 Å². The summed E-state index contributed by atoms with van der Waals surface area (Å²) >= 11 is 0. The van der Waals surface area contributed by atoms with E-state index in [1.807, 2.05) is 0 Å². The van der Waals surface area contributed by atoms with Gasteiger partial charge in [-0.2, -0.15) is 0 Å². The quantitative estimate of drug-likeness (QED) is 0.666. The summed E-state index contributed by atoms with van der Waals surface area (Å²) in [6.45, 7) is 1.12. The minimum absolute atomic E-state index is 0.156. The molecule has 0 amide bonds. The summed E-state index contributed by atoms with van der Waals surface area (Å²) in [6.07, 6.45) is 2.96. The molecule has 2 rings (SSSR count). The van der Waals surface area contributed by atoms with Crippen LogP contribution in [0.4, 0.5) is 5.69 Å². The maximum atomic E-state index is 11.5. The smallest absolute Gasteiger partial charge is 0.337 e. The highest BCUT2D eigenvalue weighted by Crippen LogP contribution is 2.18. The molecule has 1 unspecified atom stereocenters. The third-order valence-electron chi connectivity index (χ3n) is 3.01. The van der Waals surface area contributed by atoms with Crippen LogP contribution >= 0.6 is 0 Å².